The molecule has 0 aliphatic carbocycles. The van der Waals surface area contributed by atoms with Gasteiger partial charge in [-0.3, -0.25) is 0 Å². The normalized spacial score (nSPS) is 12.0. The number of phenolic OH excluding ortho intramolecular Hbond substituents is 1. The molecular formula is C26H29Cl2NO6S. The lowest BCUT2D eigenvalue weighted by Gasteiger charge is -2.12. The number of phenols is 1. The largest absolute Gasteiger partial charge is 0.507 e. The molecule has 7 nitrogen and oxygen atoms in total. The van der Waals surface area contributed by atoms with Crippen LogP contribution in [0.1, 0.15) is 40.9 Å². The molecule has 0 aliphatic heterocycles. The van der Waals surface area contributed by atoms with Gasteiger partial charge in [0.1, 0.15) is 11.3 Å². The summed E-state index contributed by atoms with van der Waals surface area (Å²) in [5.41, 5.74) is 1.64. The number of benzene rings is 3. The number of aliphatic hydroxyl groups is 1. The number of carbonyl (C=O) groups excluding carboxylic acids is 1. The second kappa shape index (κ2) is 13.6. The van der Waals surface area contributed by atoms with Crippen LogP contribution in [0.15, 0.2) is 76.5 Å². The van der Waals surface area contributed by atoms with Crippen molar-refractivity contribution in [2.75, 3.05) is 19.7 Å². The third-order valence-electron chi connectivity index (χ3n) is 5.40. The van der Waals surface area contributed by atoms with E-state index >= 15 is 0 Å². The van der Waals surface area contributed by atoms with Gasteiger partial charge in [0.05, 0.1) is 22.5 Å². The van der Waals surface area contributed by atoms with E-state index < -0.39 is 27.7 Å². The Morgan fingerprint density at radius 2 is 1.75 bits per heavy atom. The minimum absolute atomic E-state index is 0. The fourth-order valence-electron chi connectivity index (χ4n) is 3.52. The first-order valence-electron chi connectivity index (χ1n) is 11.2. The SMILES string of the molecule is CCOC(=O)c1ccc(S(=O)(=O)c2ccc(CCCNC[C@@H](O)c3cccc(Cl)c3)cc2)cc1O.Cl. The Morgan fingerprint density at radius 1 is 1.06 bits per heavy atom. The van der Waals surface area contributed by atoms with Crippen molar-refractivity contribution in [2.24, 2.45) is 0 Å². The van der Waals surface area contributed by atoms with Crippen LogP contribution < -0.4 is 5.32 Å². The quantitative estimate of drug-likeness (QED) is 0.232. The number of hydrogen-bond acceptors (Lipinski definition) is 7. The van der Waals surface area contributed by atoms with Crippen molar-refractivity contribution in [3.05, 3.63) is 88.4 Å². The summed E-state index contributed by atoms with van der Waals surface area (Å²) in [5, 5.41) is 24.1. The Balaban J connectivity index is 0.00000456. The van der Waals surface area contributed by atoms with E-state index in [1.165, 1.54) is 24.3 Å². The standard InChI is InChI=1S/C26H28ClNO6S.ClH/c1-2-34-26(31)23-13-12-22(16-24(23)29)35(32,33)21-10-8-18(9-11-21)5-4-14-28-17-25(30)19-6-3-7-20(27)15-19;/h3,6-13,15-16,25,28-30H,2,4-5,14,17H2,1H3;1H/t25-;/m1./s1. The molecule has 0 saturated carbocycles. The van der Waals surface area contributed by atoms with Crippen LogP contribution in [0.25, 0.3) is 0 Å². The van der Waals surface area contributed by atoms with E-state index in [4.69, 9.17) is 16.3 Å². The van der Waals surface area contributed by atoms with Gasteiger partial charge in [-0.15, -0.1) is 12.4 Å². The minimum Gasteiger partial charge on any atom is -0.507 e. The van der Waals surface area contributed by atoms with Crippen LogP contribution in [-0.2, 0) is 21.0 Å². The molecule has 36 heavy (non-hydrogen) atoms. The van der Waals surface area contributed by atoms with Crippen molar-refractivity contribution in [2.45, 2.75) is 35.7 Å². The molecule has 1 atom stereocenters. The second-order valence-electron chi connectivity index (χ2n) is 7.93. The molecule has 0 spiro atoms. The average molecular weight is 554 g/mol. The first-order chi connectivity index (χ1) is 16.7. The van der Waals surface area contributed by atoms with E-state index in [0.717, 1.165) is 30.0 Å². The van der Waals surface area contributed by atoms with Crippen molar-refractivity contribution in [1.82, 2.24) is 5.32 Å². The van der Waals surface area contributed by atoms with Gasteiger partial charge in [0.25, 0.3) is 0 Å². The molecule has 0 unspecified atom stereocenters. The van der Waals surface area contributed by atoms with Gasteiger partial charge >= 0.3 is 5.97 Å². The van der Waals surface area contributed by atoms with E-state index in [9.17, 15) is 23.4 Å². The van der Waals surface area contributed by atoms with Gasteiger partial charge < -0.3 is 20.3 Å². The molecule has 3 N–H and O–H groups in total. The number of aromatic hydroxyl groups is 1. The zero-order chi connectivity index (χ0) is 25.4. The van der Waals surface area contributed by atoms with E-state index in [1.807, 2.05) is 6.07 Å². The van der Waals surface area contributed by atoms with Crippen LogP contribution in [-0.4, -0.2) is 44.3 Å². The lowest BCUT2D eigenvalue weighted by atomic mass is 10.1. The molecule has 0 fully saturated rings. The van der Waals surface area contributed by atoms with Gasteiger partial charge in [-0.2, -0.15) is 0 Å². The molecule has 0 amide bonds. The number of carbonyl (C=O) groups is 1. The number of ether oxygens (including phenoxy) is 1. The minimum atomic E-state index is -3.86. The zero-order valence-corrected chi connectivity index (χ0v) is 22.1. The fraction of sp³-hybridized carbons (Fsp3) is 0.269. The molecule has 0 heterocycles. The van der Waals surface area contributed by atoms with Crippen molar-refractivity contribution in [3.8, 4) is 5.75 Å². The summed E-state index contributed by atoms with van der Waals surface area (Å²) in [7, 11) is -3.86. The lowest BCUT2D eigenvalue weighted by molar-refractivity contribution is 0.0523. The van der Waals surface area contributed by atoms with Gasteiger partial charge in [-0.25, -0.2) is 13.2 Å². The van der Waals surface area contributed by atoms with Crippen LogP contribution in [0.4, 0.5) is 0 Å². The smallest absolute Gasteiger partial charge is 0.341 e. The Labute approximate surface area is 222 Å². The van der Waals surface area contributed by atoms with E-state index in [-0.39, 0.29) is 34.4 Å². The molecule has 10 heteroatoms. The number of aliphatic hydroxyl groups excluding tert-OH is 1. The molecule has 0 saturated heterocycles. The zero-order valence-electron chi connectivity index (χ0n) is 19.7. The molecule has 3 aromatic rings. The number of rotatable bonds is 11. The number of aryl methyl sites for hydroxylation is 1. The predicted octanol–water partition coefficient (Wildman–Crippen LogP) is 4.73. The number of esters is 1. The maximum Gasteiger partial charge on any atom is 0.341 e. The second-order valence-corrected chi connectivity index (χ2v) is 10.3. The van der Waals surface area contributed by atoms with Crippen molar-refractivity contribution < 1.29 is 28.2 Å². The van der Waals surface area contributed by atoms with Gasteiger partial charge in [0.2, 0.25) is 9.84 Å². The maximum atomic E-state index is 12.9. The lowest BCUT2D eigenvalue weighted by Crippen LogP contribution is -2.22. The highest BCUT2D eigenvalue weighted by Gasteiger charge is 2.21. The Morgan fingerprint density at radius 3 is 2.39 bits per heavy atom. The molecule has 3 rings (SSSR count). The number of halogens is 2. The summed E-state index contributed by atoms with van der Waals surface area (Å²) in [6.45, 7) is 2.87. The van der Waals surface area contributed by atoms with Crippen LogP contribution in [0, 0.1) is 0 Å². The van der Waals surface area contributed by atoms with Crippen molar-refractivity contribution in [3.63, 3.8) is 0 Å². The maximum absolute atomic E-state index is 12.9. The van der Waals surface area contributed by atoms with Crippen LogP contribution in [0.3, 0.4) is 0 Å². The molecule has 0 radical (unpaired) electrons. The Hall–Kier alpha value is -2.62. The highest BCUT2D eigenvalue weighted by atomic mass is 35.5. The summed E-state index contributed by atoms with van der Waals surface area (Å²) in [6.07, 6.45) is 0.886. The molecule has 0 bridgehead atoms. The van der Waals surface area contributed by atoms with Crippen molar-refractivity contribution in [1.29, 1.82) is 0 Å². The third-order valence-corrected chi connectivity index (χ3v) is 7.40. The van der Waals surface area contributed by atoms with E-state index in [1.54, 1.807) is 37.3 Å². The highest BCUT2D eigenvalue weighted by molar-refractivity contribution is 7.91. The third kappa shape index (κ3) is 7.69. The van der Waals surface area contributed by atoms with E-state index in [0.29, 0.717) is 18.1 Å². The van der Waals surface area contributed by atoms with Gasteiger partial charge in [0.15, 0.2) is 0 Å². The number of sulfone groups is 1. The monoisotopic (exact) mass is 553 g/mol. The summed E-state index contributed by atoms with van der Waals surface area (Å²) in [5.74, 6) is -1.17. The van der Waals surface area contributed by atoms with Crippen LogP contribution in [0.5, 0.6) is 5.75 Å². The summed E-state index contributed by atoms with van der Waals surface area (Å²) < 4.78 is 30.7. The van der Waals surface area contributed by atoms with Gasteiger partial charge in [-0.05, 0) is 79.9 Å². The fourth-order valence-corrected chi connectivity index (χ4v) is 5.00. The first-order valence-corrected chi connectivity index (χ1v) is 13.1. The van der Waals surface area contributed by atoms with E-state index in [2.05, 4.69) is 5.32 Å². The van der Waals surface area contributed by atoms with Crippen LogP contribution >= 0.6 is 24.0 Å². The summed E-state index contributed by atoms with van der Waals surface area (Å²) >= 11 is 5.95. The van der Waals surface area contributed by atoms with Gasteiger partial charge in [-0.1, -0.05) is 35.9 Å². The molecule has 0 aromatic heterocycles. The first kappa shape index (κ1) is 29.6. The summed E-state index contributed by atoms with van der Waals surface area (Å²) in [6, 6.07) is 17.2. The molecular weight excluding hydrogens is 525 g/mol. The molecule has 194 valence electrons. The molecule has 3 aromatic carbocycles. The Bertz CT molecular complexity index is 1270. The van der Waals surface area contributed by atoms with Gasteiger partial charge in [0, 0.05) is 11.6 Å². The number of nitrogens with one attached hydrogen (secondary N) is 1. The summed E-state index contributed by atoms with van der Waals surface area (Å²) in [4.78, 5) is 11.8. The Kier molecular flexibility index (Phi) is 11.2. The predicted molar refractivity (Wildman–Crippen MR) is 141 cm³/mol. The topological polar surface area (TPSA) is 113 Å². The molecule has 0 aliphatic rings. The van der Waals surface area contributed by atoms with Crippen molar-refractivity contribution >= 4 is 39.8 Å². The number of hydrogen-bond donors (Lipinski definition) is 3. The highest BCUT2D eigenvalue weighted by Crippen LogP contribution is 2.27. The average Bonchev–Trinajstić information content (AvgIpc) is 2.84. The van der Waals surface area contributed by atoms with Crippen LogP contribution in [0.2, 0.25) is 5.02 Å².